The molecular formula is C40H61NO6SSi. The average Bonchev–Trinajstić information content (AvgIpc) is 3.44. The quantitative estimate of drug-likeness (QED) is 0.153. The second kappa shape index (κ2) is 17.6. The van der Waals surface area contributed by atoms with Crippen LogP contribution in [0.2, 0.25) is 18.1 Å². The van der Waals surface area contributed by atoms with Crippen LogP contribution in [0, 0.1) is 24.2 Å². The number of allylic oxidation sites excluding steroid dienone is 1. The molecule has 0 radical (unpaired) electrons. The number of hydrogen-bond acceptors (Lipinski definition) is 8. The minimum absolute atomic E-state index is 0.0196. The number of rotatable bonds is 8. The lowest BCUT2D eigenvalue weighted by molar-refractivity contribution is -0.154. The van der Waals surface area contributed by atoms with Gasteiger partial charge in [0.05, 0.1) is 43.0 Å². The van der Waals surface area contributed by atoms with Gasteiger partial charge < -0.3 is 18.6 Å². The van der Waals surface area contributed by atoms with Crippen LogP contribution in [0.4, 0.5) is 0 Å². The van der Waals surface area contributed by atoms with Gasteiger partial charge in [0, 0.05) is 23.1 Å². The predicted octanol–water partition coefficient (Wildman–Crippen LogP) is 10.1. The van der Waals surface area contributed by atoms with E-state index in [2.05, 4.69) is 57.9 Å². The van der Waals surface area contributed by atoms with Gasteiger partial charge in [0.2, 0.25) is 0 Å². The molecule has 0 spiro atoms. The van der Waals surface area contributed by atoms with Crippen molar-refractivity contribution in [3.05, 3.63) is 63.6 Å². The Morgan fingerprint density at radius 2 is 1.80 bits per heavy atom. The van der Waals surface area contributed by atoms with E-state index in [0.717, 1.165) is 46.9 Å². The SMILES string of the molecule is COc1ccc(CO[C@H]2[C@@H](C)CCC/C=C\C[C@@H](/C(C)=C/c3csc(C)n3)OC(=O)C[C@H](O[Si](C)(C)C(C)(C)C)C(C)(C)C(=O)[C@@H]2C)cc1. The highest BCUT2D eigenvalue weighted by molar-refractivity contribution is 7.09. The fourth-order valence-electron chi connectivity index (χ4n) is 6.10. The van der Waals surface area contributed by atoms with Crippen LogP contribution >= 0.6 is 11.3 Å². The monoisotopic (exact) mass is 711 g/mol. The molecule has 0 aliphatic carbocycles. The van der Waals surface area contributed by atoms with Gasteiger partial charge in [-0.05, 0) is 86.5 Å². The molecule has 0 saturated heterocycles. The minimum Gasteiger partial charge on any atom is -0.497 e. The first-order valence-electron chi connectivity index (χ1n) is 17.8. The van der Waals surface area contributed by atoms with Crippen molar-refractivity contribution in [1.29, 1.82) is 0 Å². The number of carbonyl (C=O) groups excluding carboxylic acids is 2. The Hall–Kier alpha value is -2.59. The van der Waals surface area contributed by atoms with Crippen molar-refractivity contribution >= 4 is 37.5 Å². The van der Waals surface area contributed by atoms with E-state index in [1.807, 2.05) is 70.3 Å². The average molecular weight is 712 g/mol. The highest BCUT2D eigenvalue weighted by Crippen LogP contribution is 2.42. The molecule has 0 bridgehead atoms. The van der Waals surface area contributed by atoms with E-state index in [1.165, 1.54) is 0 Å². The maximum Gasteiger partial charge on any atom is 0.309 e. The van der Waals surface area contributed by atoms with Gasteiger partial charge in [-0.2, -0.15) is 0 Å². The number of esters is 1. The van der Waals surface area contributed by atoms with Crippen LogP contribution in [-0.4, -0.2) is 50.5 Å². The third-order valence-corrected chi connectivity index (χ3v) is 15.7. The number of nitrogens with zero attached hydrogens (tertiary/aromatic N) is 1. The number of Topliss-reactive ketones (excluding diaryl/α,β-unsaturated/α-hetero) is 1. The minimum atomic E-state index is -2.40. The first kappa shape index (κ1) is 40.8. The number of ketones is 1. The van der Waals surface area contributed by atoms with Crippen molar-refractivity contribution in [2.75, 3.05) is 7.11 Å². The van der Waals surface area contributed by atoms with Gasteiger partial charge >= 0.3 is 5.97 Å². The molecule has 272 valence electrons. The predicted molar refractivity (Wildman–Crippen MR) is 203 cm³/mol. The van der Waals surface area contributed by atoms with E-state index in [4.69, 9.17) is 18.6 Å². The summed E-state index contributed by atoms with van der Waals surface area (Å²) in [6.07, 6.45) is 8.19. The summed E-state index contributed by atoms with van der Waals surface area (Å²) in [7, 11) is -0.750. The molecule has 0 N–H and O–H groups in total. The molecule has 0 amide bonds. The lowest BCUT2D eigenvalue weighted by atomic mass is 9.73. The Morgan fingerprint density at radius 3 is 2.39 bits per heavy atom. The first-order valence-corrected chi connectivity index (χ1v) is 21.6. The van der Waals surface area contributed by atoms with Crippen molar-refractivity contribution < 1.29 is 28.2 Å². The van der Waals surface area contributed by atoms with Gasteiger partial charge in [-0.25, -0.2) is 4.98 Å². The van der Waals surface area contributed by atoms with E-state index >= 15 is 0 Å². The number of aromatic nitrogens is 1. The molecule has 0 saturated carbocycles. The number of hydrogen-bond donors (Lipinski definition) is 0. The zero-order chi connectivity index (χ0) is 36.6. The Labute approximate surface area is 301 Å². The normalized spacial score (nSPS) is 25.9. The molecule has 3 rings (SSSR count). The molecule has 1 aromatic carbocycles. The molecule has 7 nitrogen and oxygen atoms in total. The molecule has 1 aliphatic heterocycles. The summed E-state index contributed by atoms with van der Waals surface area (Å²) in [5.74, 6) is 0.171. The Morgan fingerprint density at radius 1 is 1.12 bits per heavy atom. The summed E-state index contributed by atoms with van der Waals surface area (Å²) in [4.78, 5) is 33.2. The standard InChI is InChI=1S/C40H61NO6SSi/c1-27-17-15-13-14-16-18-34(28(2)23-32-26-48-30(4)41-32)46-36(42)24-35(47-49(11,12)39(5,6)7)40(8,9)38(43)29(3)37(27)45-25-31-19-21-33(44-10)22-20-31/h14,16,19-23,26-27,29,34-35,37H,13,15,17-18,24-25H2,1-12H3/b16-14-,28-23+/t27-,29+,34-,35-,37-/m0/s1. The molecule has 1 aromatic heterocycles. The number of benzene rings is 1. The zero-order valence-electron chi connectivity index (χ0n) is 32.1. The van der Waals surface area contributed by atoms with Crippen molar-refractivity contribution in [2.24, 2.45) is 17.3 Å². The van der Waals surface area contributed by atoms with Crippen LogP contribution < -0.4 is 4.74 Å². The molecule has 49 heavy (non-hydrogen) atoms. The summed E-state index contributed by atoms with van der Waals surface area (Å²) < 4.78 is 25.2. The van der Waals surface area contributed by atoms with E-state index in [0.29, 0.717) is 13.0 Å². The Bertz CT molecular complexity index is 1440. The number of thiazole rings is 1. The Balaban J connectivity index is 1.99. The summed E-state index contributed by atoms with van der Waals surface area (Å²) in [6.45, 7) is 23.2. The van der Waals surface area contributed by atoms with Crippen molar-refractivity contribution in [3.8, 4) is 5.75 Å². The van der Waals surface area contributed by atoms with Crippen LogP contribution in [0.25, 0.3) is 6.08 Å². The van der Waals surface area contributed by atoms with Crippen LogP contribution in [0.15, 0.2) is 47.4 Å². The lowest BCUT2D eigenvalue weighted by Crippen LogP contribution is -2.53. The van der Waals surface area contributed by atoms with Gasteiger partial charge in [0.15, 0.2) is 8.32 Å². The maximum absolute atomic E-state index is 14.7. The summed E-state index contributed by atoms with van der Waals surface area (Å²) in [5, 5.41) is 2.89. The van der Waals surface area contributed by atoms with Crippen LogP contribution in [0.3, 0.4) is 0 Å². The highest BCUT2D eigenvalue weighted by atomic mass is 32.1. The topological polar surface area (TPSA) is 83.9 Å². The molecule has 5 atom stereocenters. The molecule has 2 heterocycles. The number of ether oxygens (including phenoxy) is 3. The fraction of sp³-hybridized carbons (Fsp3) is 0.625. The third kappa shape index (κ3) is 11.5. The molecule has 1 aliphatic rings. The van der Waals surface area contributed by atoms with Crippen molar-refractivity contribution in [1.82, 2.24) is 4.98 Å². The molecule has 0 fully saturated rings. The van der Waals surface area contributed by atoms with Gasteiger partial charge in [0.1, 0.15) is 17.6 Å². The van der Waals surface area contributed by atoms with E-state index in [1.54, 1.807) is 18.4 Å². The third-order valence-electron chi connectivity index (χ3n) is 10.4. The number of aryl methyl sites for hydroxylation is 1. The molecule has 0 unspecified atom stereocenters. The smallest absolute Gasteiger partial charge is 0.309 e. The number of cyclic esters (lactones) is 1. The Kier molecular flexibility index (Phi) is 14.6. The van der Waals surface area contributed by atoms with Gasteiger partial charge in [0.25, 0.3) is 0 Å². The molecular weight excluding hydrogens is 651 g/mol. The first-order chi connectivity index (χ1) is 22.9. The summed E-state index contributed by atoms with van der Waals surface area (Å²) in [6, 6.07) is 7.85. The van der Waals surface area contributed by atoms with Crippen molar-refractivity contribution in [3.63, 3.8) is 0 Å². The largest absolute Gasteiger partial charge is 0.497 e. The molecule has 9 heteroatoms. The highest BCUT2D eigenvalue weighted by Gasteiger charge is 2.48. The second-order valence-corrected chi connectivity index (χ2v) is 21.7. The van der Waals surface area contributed by atoms with E-state index < -0.39 is 31.9 Å². The van der Waals surface area contributed by atoms with Gasteiger partial charge in [-0.15, -0.1) is 11.3 Å². The second-order valence-electron chi connectivity index (χ2n) is 15.8. The van der Waals surface area contributed by atoms with Gasteiger partial charge in [-0.1, -0.05) is 72.8 Å². The number of carbonyl (C=O) groups is 2. The van der Waals surface area contributed by atoms with Crippen LogP contribution in [-0.2, 0) is 30.1 Å². The van der Waals surface area contributed by atoms with Crippen molar-refractivity contribution in [2.45, 2.75) is 137 Å². The fourth-order valence-corrected chi connectivity index (χ4v) is 8.12. The van der Waals surface area contributed by atoms with E-state index in [-0.39, 0.29) is 35.2 Å². The maximum atomic E-state index is 14.7. The van der Waals surface area contributed by atoms with Gasteiger partial charge in [-0.3, -0.25) is 9.59 Å². The summed E-state index contributed by atoms with van der Waals surface area (Å²) >= 11 is 1.60. The van der Waals surface area contributed by atoms with Crippen LogP contribution in [0.5, 0.6) is 5.75 Å². The van der Waals surface area contributed by atoms with Crippen LogP contribution in [0.1, 0.15) is 104 Å². The zero-order valence-corrected chi connectivity index (χ0v) is 33.9. The molecule has 2 aromatic rings. The van der Waals surface area contributed by atoms with E-state index in [9.17, 15) is 9.59 Å². The lowest BCUT2D eigenvalue weighted by Gasteiger charge is -2.45. The number of methoxy groups -OCH3 is 1. The summed E-state index contributed by atoms with van der Waals surface area (Å²) in [5.41, 5.74) is 1.84.